The highest BCUT2D eigenvalue weighted by Gasteiger charge is 2.29. The summed E-state index contributed by atoms with van der Waals surface area (Å²) in [7, 11) is 0. The molecule has 0 aliphatic carbocycles. The maximum absolute atomic E-state index is 12.2. The number of nitrogens with two attached hydrogens (primary N) is 1. The summed E-state index contributed by atoms with van der Waals surface area (Å²) >= 11 is 12.1. The van der Waals surface area contributed by atoms with Gasteiger partial charge in [-0.25, -0.2) is 9.69 Å². The normalized spacial score (nSPS) is 16.0. The lowest BCUT2D eigenvalue weighted by atomic mass is 10.1. The van der Waals surface area contributed by atoms with Gasteiger partial charge in [0.15, 0.2) is 0 Å². The zero-order valence-corrected chi connectivity index (χ0v) is 14.1. The van der Waals surface area contributed by atoms with Crippen molar-refractivity contribution in [3.8, 4) is 11.3 Å². The average Bonchev–Trinajstić information content (AvgIpc) is 3.10. The molecule has 0 atom stereocenters. The molecule has 3 rings (SSSR count). The standard InChI is InChI=1S/C17H12Cl2N2O3/c1-9-8-21(17(20)23)16(22)12(9)7-11-3-5-15(24-11)13-6-10(18)2-4-14(13)19/h2-8H,1H3,(H2,20,23)/b12-7-. The summed E-state index contributed by atoms with van der Waals surface area (Å²) in [6.07, 6.45) is 2.95. The van der Waals surface area contributed by atoms with E-state index in [1.165, 1.54) is 6.20 Å². The SMILES string of the molecule is CC1=CN(C(N)=O)C(=O)/C1=C\c1ccc(-c2cc(Cl)ccc2Cl)o1. The molecule has 24 heavy (non-hydrogen) atoms. The van der Waals surface area contributed by atoms with E-state index in [1.54, 1.807) is 43.3 Å². The van der Waals surface area contributed by atoms with Crippen molar-refractivity contribution in [3.63, 3.8) is 0 Å². The first-order chi connectivity index (χ1) is 11.4. The van der Waals surface area contributed by atoms with Crippen molar-refractivity contribution in [2.45, 2.75) is 6.92 Å². The molecule has 7 heteroatoms. The summed E-state index contributed by atoms with van der Waals surface area (Å²) in [5.41, 5.74) is 6.77. The van der Waals surface area contributed by atoms with Crippen LogP contribution in [0.25, 0.3) is 17.4 Å². The Labute approximate surface area is 147 Å². The quantitative estimate of drug-likeness (QED) is 0.801. The van der Waals surface area contributed by atoms with Gasteiger partial charge in [0.05, 0.1) is 5.02 Å². The van der Waals surface area contributed by atoms with Crippen LogP contribution >= 0.6 is 23.2 Å². The van der Waals surface area contributed by atoms with Gasteiger partial charge in [-0.15, -0.1) is 0 Å². The summed E-state index contributed by atoms with van der Waals surface area (Å²) in [6, 6.07) is 7.66. The molecule has 2 aromatic rings. The van der Waals surface area contributed by atoms with Gasteiger partial charge in [0, 0.05) is 22.4 Å². The molecule has 1 aliphatic rings. The zero-order chi connectivity index (χ0) is 17.4. The van der Waals surface area contributed by atoms with Crippen molar-refractivity contribution in [1.82, 2.24) is 4.90 Å². The maximum Gasteiger partial charge on any atom is 0.325 e. The minimum absolute atomic E-state index is 0.340. The Morgan fingerprint density at radius 2 is 2.00 bits per heavy atom. The Kier molecular flexibility index (Phi) is 4.22. The van der Waals surface area contributed by atoms with E-state index in [4.69, 9.17) is 33.4 Å². The summed E-state index contributed by atoms with van der Waals surface area (Å²) < 4.78 is 5.73. The molecule has 0 fully saturated rings. The van der Waals surface area contributed by atoms with E-state index >= 15 is 0 Å². The van der Waals surface area contributed by atoms with Crippen molar-refractivity contribution in [2.75, 3.05) is 0 Å². The fourth-order valence-electron chi connectivity index (χ4n) is 2.36. The number of urea groups is 1. The van der Waals surface area contributed by atoms with E-state index in [0.717, 1.165) is 4.90 Å². The van der Waals surface area contributed by atoms with Crippen LogP contribution in [0.5, 0.6) is 0 Å². The number of primary amides is 1. The van der Waals surface area contributed by atoms with Crippen molar-refractivity contribution in [2.24, 2.45) is 5.73 Å². The fourth-order valence-corrected chi connectivity index (χ4v) is 2.75. The first kappa shape index (κ1) is 16.4. The molecule has 2 N–H and O–H groups in total. The minimum atomic E-state index is -0.825. The van der Waals surface area contributed by atoms with E-state index < -0.39 is 11.9 Å². The molecule has 0 saturated carbocycles. The Morgan fingerprint density at radius 1 is 1.25 bits per heavy atom. The number of hydrogen-bond donors (Lipinski definition) is 1. The summed E-state index contributed by atoms with van der Waals surface area (Å²) in [5, 5.41) is 1.04. The van der Waals surface area contributed by atoms with Gasteiger partial charge in [0.25, 0.3) is 5.91 Å². The fraction of sp³-hybridized carbons (Fsp3) is 0.0588. The Morgan fingerprint density at radius 3 is 2.67 bits per heavy atom. The van der Waals surface area contributed by atoms with Gasteiger partial charge in [-0.05, 0) is 48.9 Å². The molecule has 0 saturated heterocycles. The summed E-state index contributed by atoms with van der Waals surface area (Å²) in [5.74, 6) is 0.482. The maximum atomic E-state index is 12.2. The molecule has 122 valence electrons. The van der Waals surface area contributed by atoms with Gasteiger partial charge >= 0.3 is 6.03 Å². The third-order valence-corrected chi connectivity index (χ3v) is 4.11. The Hall–Kier alpha value is -2.50. The van der Waals surface area contributed by atoms with Crippen LogP contribution in [-0.4, -0.2) is 16.8 Å². The molecule has 1 aliphatic heterocycles. The molecule has 1 aromatic carbocycles. The molecule has 5 nitrogen and oxygen atoms in total. The molecule has 3 amide bonds. The van der Waals surface area contributed by atoms with Crippen molar-refractivity contribution < 1.29 is 14.0 Å². The second kappa shape index (κ2) is 6.19. The van der Waals surface area contributed by atoms with E-state index in [2.05, 4.69) is 0 Å². The Balaban J connectivity index is 1.95. The summed E-state index contributed by atoms with van der Waals surface area (Å²) in [4.78, 5) is 24.2. The Bertz CT molecular complexity index is 912. The number of carbonyl (C=O) groups excluding carboxylic acids is 2. The van der Waals surface area contributed by atoms with Crippen LogP contribution in [0.15, 0.2) is 52.1 Å². The molecular formula is C17H12Cl2N2O3. The van der Waals surface area contributed by atoms with Crippen molar-refractivity contribution in [3.05, 3.63) is 63.5 Å². The van der Waals surface area contributed by atoms with E-state index in [1.807, 2.05) is 0 Å². The number of halogens is 2. The van der Waals surface area contributed by atoms with Crippen molar-refractivity contribution >= 4 is 41.2 Å². The molecular weight excluding hydrogens is 351 g/mol. The van der Waals surface area contributed by atoms with Gasteiger partial charge in [0.2, 0.25) is 0 Å². The van der Waals surface area contributed by atoms with Gasteiger partial charge in [0.1, 0.15) is 11.5 Å². The monoisotopic (exact) mass is 362 g/mol. The van der Waals surface area contributed by atoms with Crippen LogP contribution in [0.4, 0.5) is 4.79 Å². The van der Waals surface area contributed by atoms with E-state index in [-0.39, 0.29) is 0 Å². The van der Waals surface area contributed by atoms with Gasteiger partial charge in [-0.1, -0.05) is 23.2 Å². The first-order valence-corrected chi connectivity index (χ1v) is 7.71. The topological polar surface area (TPSA) is 76.5 Å². The second-order valence-corrected chi connectivity index (χ2v) is 6.05. The van der Waals surface area contributed by atoms with Gasteiger partial charge in [-0.3, -0.25) is 4.79 Å². The lowest BCUT2D eigenvalue weighted by Gasteiger charge is -2.06. The molecule has 0 bridgehead atoms. The number of rotatable bonds is 2. The van der Waals surface area contributed by atoms with Gasteiger partial charge in [-0.2, -0.15) is 0 Å². The summed E-state index contributed by atoms with van der Waals surface area (Å²) in [6.45, 7) is 1.71. The highest BCUT2D eigenvalue weighted by atomic mass is 35.5. The molecule has 0 spiro atoms. The first-order valence-electron chi connectivity index (χ1n) is 6.95. The number of imide groups is 1. The van der Waals surface area contributed by atoms with Crippen LogP contribution < -0.4 is 5.73 Å². The number of benzene rings is 1. The third-order valence-electron chi connectivity index (χ3n) is 3.54. The van der Waals surface area contributed by atoms with E-state index in [0.29, 0.717) is 38.3 Å². The molecule has 0 radical (unpaired) electrons. The van der Waals surface area contributed by atoms with Crippen LogP contribution in [0.3, 0.4) is 0 Å². The van der Waals surface area contributed by atoms with Gasteiger partial charge < -0.3 is 10.2 Å². The number of carbonyl (C=O) groups is 2. The van der Waals surface area contributed by atoms with E-state index in [9.17, 15) is 9.59 Å². The number of amides is 3. The highest BCUT2D eigenvalue weighted by Crippen LogP contribution is 2.33. The number of furan rings is 1. The van der Waals surface area contributed by atoms with Crippen molar-refractivity contribution in [1.29, 1.82) is 0 Å². The third kappa shape index (κ3) is 2.96. The average molecular weight is 363 g/mol. The lowest BCUT2D eigenvalue weighted by Crippen LogP contribution is -2.33. The smallest absolute Gasteiger partial charge is 0.325 e. The van der Waals surface area contributed by atoms with Crippen LogP contribution in [0, 0.1) is 0 Å². The highest BCUT2D eigenvalue weighted by molar-refractivity contribution is 6.35. The number of hydrogen-bond acceptors (Lipinski definition) is 3. The zero-order valence-electron chi connectivity index (χ0n) is 12.5. The molecule has 1 aromatic heterocycles. The van der Waals surface area contributed by atoms with Crippen LogP contribution in [-0.2, 0) is 4.79 Å². The van der Waals surface area contributed by atoms with Crippen LogP contribution in [0.1, 0.15) is 12.7 Å². The predicted octanol–water partition coefficient (Wildman–Crippen LogP) is 4.46. The number of nitrogens with zero attached hydrogens (tertiary/aromatic N) is 1. The lowest BCUT2D eigenvalue weighted by molar-refractivity contribution is -0.121. The predicted molar refractivity (Wildman–Crippen MR) is 92.3 cm³/mol. The minimum Gasteiger partial charge on any atom is -0.457 e. The molecule has 0 unspecified atom stereocenters. The largest absolute Gasteiger partial charge is 0.457 e. The molecule has 2 heterocycles. The second-order valence-electron chi connectivity index (χ2n) is 5.21. The van der Waals surface area contributed by atoms with Crippen LogP contribution in [0.2, 0.25) is 10.0 Å².